The molecule has 0 saturated carbocycles. The molecule has 0 unspecified atom stereocenters. The van der Waals surface area contributed by atoms with Gasteiger partial charge in [-0.15, -0.1) is 11.3 Å². The summed E-state index contributed by atoms with van der Waals surface area (Å²) in [6, 6.07) is 14.8. The third-order valence-corrected chi connectivity index (χ3v) is 6.03. The first-order chi connectivity index (χ1) is 14.3. The topological polar surface area (TPSA) is 84.5 Å². The van der Waals surface area contributed by atoms with Gasteiger partial charge in [0.15, 0.2) is 6.61 Å². The number of halogens is 1. The lowest BCUT2D eigenvalue weighted by Gasteiger charge is -2.09. The normalized spacial score (nSPS) is 10.8. The molecule has 0 bridgehead atoms. The van der Waals surface area contributed by atoms with Gasteiger partial charge in [0.25, 0.3) is 11.8 Å². The van der Waals surface area contributed by atoms with Crippen LogP contribution in [0.5, 0.6) is 0 Å². The minimum atomic E-state index is -0.717. The number of thiophene rings is 1. The van der Waals surface area contributed by atoms with E-state index in [1.54, 1.807) is 12.1 Å². The average Bonchev–Trinajstić information content (AvgIpc) is 3.08. The Labute approximate surface area is 183 Å². The van der Waals surface area contributed by atoms with Crippen LogP contribution in [0.15, 0.2) is 48.5 Å². The van der Waals surface area contributed by atoms with Crippen molar-refractivity contribution < 1.29 is 19.1 Å². The number of rotatable bonds is 7. The predicted molar refractivity (Wildman–Crippen MR) is 119 cm³/mol. The first kappa shape index (κ1) is 21.8. The van der Waals surface area contributed by atoms with E-state index in [4.69, 9.17) is 16.3 Å². The fourth-order valence-corrected chi connectivity index (χ4v) is 4.17. The number of ether oxygens (including phenoxy) is 1. The van der Waals surface area contributed by atoms with Gasteiger partial charge in [0.2, 0.25) is 0 Å². The number of anilines is 1. The summed E-state index contributed by atoms with van der Waals surface area (Å²) in [5.41, 5.74) is 1.78. The van der Waals surface area contributed by atoms with E-state index in [1.807, 2.05) is 36.4 Å². The van der Waals surface area contributed by atoms with Gasteiger partial charge in [-0.1, -0.05) is 55.8 Å². The third kappa shape index (κ3) is 5.37. The second-order valence-corrected chi connectivity index (χ2v) is 8.34. The van der Waals surface area contributed by atoms with Crippen LogP contribution in [0.4, 0.5) is 5.69 Å². The molecule has 1 aromatic heterocycles. The number of hydrogen-bond donors (Lipinski definition) is 2. The first-order valence-electron chi connectivity index (χ1n) is 9.36. The molecular formula is C22H21ClN2O4S. The van der Waals surface area contributed by atoms with Gasteiger partial charge in [0.1, 0.15) is 11.4 Å². The SMILES string of the molecule is CC(C)c1ccc(NC(=O)COC(=O)CNC(=O)c2sc3ccccc3c2Cl)cc1. The number of carbonyl (C=O) groups excluding carboxylic acids is 3. The van der Waals surface area contributed by atoms with Gasteiger partial charge >= 0.3 is 5.97 Å². The van der Waals surface area contributed by atoms with Crippen molar-refractivity contribution in [3.63, 3.8) is 0 Å². The van der Waals surface area contributed by atoms with Crippen LogP contribution in [-0.2, 0) is 14.3 Å². The van der Waals surface area contributed by atoms with Crippen molar-refractivity contribution in [2.24, 2.45) is 0 Å². The van der Waals surface area contributed by atoms with Crippen LogP contribution in [0.3, 0.4) is 0 Å². The van der Waals surface area contributed by atoms with Gasteiger partial charge in [-0.05, 0) is 29.7 Å². The molecule has 3 rings (SSSR count). The van der Waals surface area contributed by atoms with Gasteiger partial charge in [-0.25, -0.2) is 0 Å². The standard InChI is InChI=1S/C22H21ClN2O4S/c1-13(2)14-7-9-15(10-8-14)25-18(26)12-29-19(27)11-24-22(28)21-20(23)16-5-3-4-6-17(16)30-21/h3-10,13H,11-12H2,1-2H3,(H,24,28)(H,25,26). The molecule has 30 heavy (non-hydrogen) atoms. The summed E-state index contributed by atoms with van der Waals surface area (Å²) in [4.78, 5) is 36.5. The van der Waals surface area contributed by atoms with Gasteiger partial charge in [-0.3, -0.25) is 14.4 Å². The summed E-state index contributed by atoms with van der Waals surface area (Å²) < 4.78 is 5.80. The Kier molecular flexibility index (Phi) is 7.07. The van der Waals surface area contributed by atoms with E-state index in [1.165, 1.54) is 11.3 Å². The summed E-state index contributed by atoms with van der Waals surface area (Å²) in [5.74, 6) is -1.24. The zero-order valence-electron chi connectivity index (χ0n) is 16.5. The van der Waals surface area contributed by atoms with Gasteiger partial charge in [0.05, 0.1) is 5.02 Å². The maximum Gasteiger partial charge on any atom is 0.325 e. The molecule has 2 aromatic carbocycles. The van der Waals surface area contributed by atoms with Crippen LogP contribution in [0.1, 0.15) is 35.0 Å². The number of amides is 2. The molecule has 0 fully saturated rings. The zero-order chi connectivity index (χ0) is 21.7. The van der Waals surface area contributed by atoms with E-state index < -0.39 is 24.4 Å². The number of carbonyl (C=O) groups is 3. The fraction of sp³-hybridized carbons (Fsp3) is 0.227. The Morgan fingerprint density at radius 2 is 1.77 bits per heavy atom. The highest BCUT2D eigenvalue weighted by molar-refractivity contribution is 7.21. The number of hydrogen-bond acceptors (Lipinski definition) is 5. The number of benzene rings is 2. The molecule has 8 heteroatoms. The molecular weight excluding hydrogens is 424 g/mol. The third-order valence-electron chi connectivity index (χ3n) is 4.36. The van der Waals surface area contributed by atoms with E-state index >= 15 is 0 Å². The second kappa shape index (κ2) is 9.73. The maximum atomic E-state index is 12.3. The van der Waals surface area contributed by atoms with Gasteiger partial charge < -0.3 is 15.4 Å². The van der Waals surface area contributed by atoms with Crippen LogP contribution in [0.25, 0.3) is 10.1 Å². The summed E-state index contributed by atoms with van der Waals surface area (Å²) in [6.45, 7) is 3.37. The van der Waals surface area contributed by atoms with Crippen molar-refractivity contribution in [3.05, 3.63) is 64.0 Å². The maximum absolute atomic E-state index is 12.3. The van der Waals surface area contributed by atoms with Crippen LogP contribution in [0, 0.1) is 0 Å². The molecule has 0 spiro atoms. The lowest BCUT2D eigenvalue weighted by molar-refractivity contribution is -0.146. The van der Waals surface area contributed by atoms with Crippen molar-refractivity contribution in [2.45, 2.75) is 19.8 Å². The zero-order valence-corrected chi connectivity index (χ0v) is 18.1. The van der Waals surface area contributed by atoms with Crippen molar-refractivity contribution in [1.29, 1.82) is 0 Å². The number of nitrogens with one attached hydrogen (secondary N) is 2. The molecule has 0 atom stereocenters. The fourth-order valence-electron chi connectivity index (χ4n) is 2.74. The summed E-state index contributed by atoms with van der Waals surface area (Å²) in [5, 5.41) is 6.27. The molecule has 156 valence electrons. The highest BCUT2D eigenvalue weighted by atomic mass is 35.5. The monoisotopic (exact) mass is 444 g/mol. The number of esters is 1. The van der Waals surface area contributed by atoms with Crippen molar-refractivity contribution >= 4 is 56.5 Å². The first-order valence-corrected chi connectivity index (χ1v) is 10.5. The van der Waals surface area contributed by atoms with E-state index in [2.05, 4.69) is 24.5 Å². The predicted octanol–water partition coefficient (Wildman–Crippen LogP) is 4.59. The molecule has 0 aliphatic rings. The highest BCUT2D eigenvalue weighted by Crippen LogP contribution is 2.34. The Morgan fingerprint density at radius 1 is 1.07 bits per heavy atom. The lowest BCUT2D eigenvalue weighted by Crippen LogP contribution is -2.32. The van der Waals surface area contributed by atoms with E-state index in [0.29, 0.717) is 21.5 Å². The molecule has 2 N–H and O–H groups in total. The Balaban J connectivity index is 1.45. The van der Waals surface area contributed by atoms with Crippen molar-refractivity contribution in [3.8, 4) is 0 Å². The van der Waals surface area contributed by atoms with Gasteiger partial charge in [0, 0.05) is 15.8 Å². The van der Waals surface area contributed by atoms with Crippen LogP contribution < -0.4 is 10.6 Å². The minimum absolute atomic E-state index is 0.327. The average molecular weight is 445 g/mol. The Morgan fingerprint density at radius 3 is 2.43 bits per heavy atom. The van der Waals surface area contributed by atoms with Crippen LogP contribution >= 0.6 is 22.9 Å². The highest BCUT2D eigenvalue weighted by Gasteiger charge is 2.18. The Hall–Kier alpha value is -2.90. The molecule has 3 aromatic rings. The summed E-state index contributed by atoms with van der Waals surface area (Å²) in [7, 11) is 0. The summed E-state index contributed by atoms with van der Waals surface area (Å²) >= 11 is 7.50. The largest absolute Gasteiger partial charge is 0.454 e. The molecule has 0 aliphatic heterocycles. The summed E-state index contributed by atoms with van der Waals surface area (Å²) in [6.07, 6.45) is 0. The Bertz CT molecular complexity index is 1080. The molecule has 2 amide bonds. The molecule has 0 aliphatic carbocycles. The molecule has 1 heterocycles. The van der Waals surface area contributed by atoms with Crippen LogP contribution in [-0.4, -0.2) is 30.9 Å². The van der Waals surface area contributed by atoms with E-state index in [9.17, 15) is 14.4 Å². The van der Waals surface area contributed by atoms with Crippen molar-refractivity contribution in [1.82, 2.24) is 5.32 Å². The molecule has 0 saturated heterocycles. The smallest absolute Gasteiger partial charge is 0.325 e. The molecule has 0 radical (unpaired) electrons. The van der Waals surface area contributed by atoms with Crippen molar-refractivity contribution in [2.75, 3.05) is 18.5 Å². The van der Waals surface area contributed by atoms with E-state index in [-0.39, 0.29) is 6.54 Å². The molecule has 6 nitrogen and oxygen atoms in total. The van der Waals surface area contributed by atoms with Crippen LogP contribution in [0.2, 0.25) is 5.02 Å². The number of fused-ring (bicyclic) bond motifs is 1. The lowest BCUT2D eigenvalue weighted by atomic mass is 10.0. The minimum Gasteiger partial charge on any atom is -0.454 e. The quantitative estimate of drug-likeness (QED) is 0.522. The second-order valence-electron chi connectivity index (χ2n) is 6.91. The van der Waals surface area contributed by atoms with Gasteiger partial charge in [-0.2, -0.15) is 0 Å². The van der Waals surface area contributed by atoms with E-state index in [0.717, 1.165) is 15.6 Å².